The predicted molar refractivity (Wildman–Crippen MR) is 66.8 cm³/mol. The quantitative estimate of drug-likeness (QED) is 0.417. The molecule has 1 aromatic rings. The minimum atomic E-state index is -2.19. The van der Waals surface area contributed by atoms with Gasteiger partial charge in [0.25, 0.3) is 0 Å². The molecule has 1 aromatic carbocycles. The molecule has 2 heterocycles. The summed E-state index contributed by atoms with van der Waals surface area (Å²) in [6.07, 6.45) is 0. The molecule has 0 amide bonds. The normalized spacial score (nSPS) is 34.6. The number of fused-ring (bicyclic) bond motifs is 1. The van der Waals surface area contributed by atoms with Crippen molar-refractivity contribution in [1.29, 1.82) is 0 Å². The van der Waals surface area contributed by atoms with Crippen molar-refractivity contribution in [2.75, 3.05) is 33.4 Å². The second kappa shape index (κ2) is 5.34. The number of benzene rings is 1. The molecular weight excluding hydrogens is 260 g/mol. The van der Waals surface area contributed by atoms with Crippen molar-refractivity contribution >= 4 is 23.2 Å². The van der Waals surface area contributed by atoms with Crippen molar-refractivity contribution in [2.45, 2.75) is 4.90 Å². The Labute approximate surface area is 127 Å². The summed E-state index contributed by atoms with van der Waals surface area (Å²) in [6, 6.07) is 6.81. The summed E-state index contributed by atoms with van der Waals surface area (Å²) < 4.78 is 34.3. The molecule has 5 nitrogen and oxygen atoms in total. The van der Waals surface area contributed by atoms with Gasteiger partial charge in [0.1, 0.15) is 0 Å². The van der Waals surface area contributed by atoms with Gasteiger partial charge in [-0.15, -0.1) is 0 Å². The maximum absolute atomic E-state index is 10.9. The SMILES string of the molecule is C[N+]12CCO[B-]1(c1ccc(S(=O)[O-])cc1)OCC2.[Li+]. The molecule has 0 aromatic heterocycles. The van der Waals surface area contributed by atoms with Crippen LogP contribution in [0.4, 0.5) is 0 Å². The van der Waals surface area contributed by atoms with Crippen LogP contribution in [0.25, 0.3) is 0 Å². The van der Waals surface area contributed by atoms with Gasteiger partial charge in [-0.25, -0.2) is 0 Å². The van der Waals surface area contributed by atoms with E-state index in [4.69, 9.17) is 9.31 Å². The molecule has 19 heavy (non-hydrogen) atoms. The van der Waals surface area contributed by atoms with Crippen LogP contribution in [0.1, 0.15) is 0 Å². The number of nitrogens with zero attached hydrogens (tertiary/aromatic N) is 1. The van der Waals surface area contributed by atoms with Gasteiger partial charge in [0, 0.05) is 11.9 Å². The summed E-state index contributed by atoms with van der Waals surface area (Å²) >= 11 is -2.19. The molecule has 0 bridgehead atoms. The molecule has 0 radical (unpaired) electrons. The van der Waals surface area contributed by atoms with Gasteiger partial charge in [0.15, 0.2) is 0 Å². The Morgan fingerprint density at radius 3 is 2.21 bits per heavy atom. The number of likely N-dealkylation sites (N-methyl/N-ethyl adjacent to an activating group) is 1. The Balaban J connectivity index is 0.00000133. The third kappa shape index (κ3) is 2.24. The van der Waals surface area contributed by atoms with E-state index in [0.29, 0.717) is 13.2 Å². The number of quaternary nitrogens is 1. The molecule has 98 valence electrons. The van der Waals surface area contributed by atoms with Crippen LogP contribution in [0.2, 0.25) is 0 Å². The molecule has 2 saturated heterocycles. The molecule has 2 aliphatic heterocycles. The minimum absolute atomic E-state index is 0. The van der Waals surface area contributed by atoms with Crippen LogP contribution in [0.3, 0.4) is 0 Å². The summed E-state index contributed by atoms with van der Waals surface area (Å²) in [5.74, 6) is 0. The number of rotatable bonds is 2. The van der Waals surface area contributed by atoms with Gasteiger partial charge in [-0.2, -0.15) is 0 Å². The Morgan fingerprint density at radius 2 is 1.74 bits per heavy atom. The van der Waals surface area contributed by atoms with Crippen molar-refractivity contribution in [3.63, 3.8) is 0 Å². The van der Waals surface area contributed by atoms with Crippen LogP contribution in [0.15, 0.2) is 29.2 Å². The zero-order valence-electron chi connectivity index (χ0n) is 11.2. The van der Waals surface area contributed by atoms with Gasteiger partial charge >= 0.3 is 25.5 Å². The van der Waals surface area contributed by atoms with E-state index < -0.39 is 17.8 Å². The molecule has 0 spiro atoms. The van der Waals surface area contributed by atoms with E-state index in [9.17, 15) is 8.76 Å². The van der Waals surface area contributed by atoms with E-state index in [0.717, 1.165) is 22.9 Å². The van der Waals surface area contributed by atoms with Gasteiger partial charge in [0.05, 0.1) is 26.3 Å². The second-order valence-electron chi connectivity index (χ2n) is 5.14. The minimum Gasteiger partial charge on any atom is -0.768 e. The van der Waals surface area contributed by atoms with Crippen LogP contribution in [0, 0.1) is 0 Å². The van der Waals surface area contributed by atoms with Crippen LogP contribution >= 0.6 is 0 Å². The summed E-state index contributed by atoms with van der Waals surface area (Å²) in [5, 5.41) is 0. The van der Waals surface area contributed by atoms with E-state index in [2.05, 4.69) is 7.05 Å². The third-order valence-electron chi connectivity index (χ3n) is 4.21. The van der Waals surface area contributed by atoms with Crippen LogP contribution in [-0.4, -0.2) is 53.2 Å². The van der Waals surface area contributed by atoms with Gasteiger partial charge in [0.2, 0.25) is 0 Å². The molecule has 2 fully saturated rings. The maximum Gasteiger partial charge on any atom is 1.00 e. The molecule has 2 aliphatic rings. The Bertz CT molecular complexity index is 488. The number of hydrogen-bond donors (Lipinski definition) is 0. The Morgan fingerprint density at radius 1 is 1.21 bits per heavy atom. The first-order chi connectivity index (χ1) is 8.57. The Kier molecular flexibility index (Phi) is 4.29. The van der Waals surface area contributed by atoms with Gasteiger partial charge < -0.3 is 18.3 Å². The molecule has 3 rings (SSSR count). The van der Waals surface area contributed by atoms with Crippen LogP contribution < -0.4 is 24.3 Å². The van der Waals surface area contributed by atoms with Gasteiger partial charge in [-0.3, -0.25) is 4.21 Å². The largest absolute Gasteiger partial charge is 1.00 e. The smallest absolute Gasteiger partial charge is 0.768 e. The maximum atomic E-state index is 10.9. The molecule has 1 atom stereocenters. The molecule has 0 aliphatic carbocycles. The van der Waals surface area contributed by atoms with Crippen molar-refractivity contribution in [2.24, 2.45) is 0 Å². The van der Waals surface area contributed by atoms with Crippen molar-refractivity contribution < 1.29 is 41.3 Å². The molecule has 0 N–H and O–H groups in total. The summed E-state index contributed by atoms with van der Waals surface area (Å²) in [4.78, 5) is 0.288. The number of hydrogen-bond acceptors (Lipinski definition) is 4. The first kappa shape index (κ1) is 15.3. The first-order valence-corrected chi connectivity index (χ1v) is 7.11. The predicted octanol–water partition coefficient (Wildman–Crippen LogP) is -3.42. The third-order valence-corrected chi connectivity index (χ3v) is 4.86. The molecule has 0 saturated carbocycles. The van der Waals surface area contributed by atoms with Crippen molar-refractivity contribution in [3.05, 3.63) is 24.3 Å². The van der Waals surface area contributed by atoms with Crippen LogP contribution in [-0.2, 0) is 20.4 Å². The van der Waals surface area contributed by atoms with Gasteiger partial charge in [-0.1, -0.05) is 17.6 Å². The van der Waals surface area contributed by atoms with E-state index in [1.54, 1.807) is 24.3 Å². The fraction of sp³-hybridized carbons (Fsp3) is 0.455. The van der Waals surface area contributed by atoms with E-state index in [-0.39, 0.29) is 23.8 Å². The zero-order chi connectivity index (χ0) is 12.8. The average molecular weight is 275 g/mol. The average Bonchev–Trinajstić information content (AvgIpc) is 2.83. The molecular formula is C11H15BLiNO4S. The topological polar surface area (TPSA) is 58.6 Å². The van der Waals surface area contributed by atoms with Crippen molar-refractivity contribution in [1.82, 2.24) is 0 Å². The molecule has 8 heteroatoms. The monoisotopic (exact) mass is 275 g/mol. The Hall–Kier alpha value is -0.128. The zero-order valence-corrected chi connectivity index (χ0v) is 12.0. The summed E-state index contributed by atoms with van der Waals surface area (Å²) in [6.45, 7) is 1.75. The fourth-order valence-corrected chi connectivity index (χ4v) is 3.43. The standard InChI is InChI=1S/C11H16BNO4S.Li/c1-13-6-8-16-12(13,17-9-7-13)10-2-4-11(5-3-10)18(14)15;/h2-5H,6-9H2,1H3,(H,14,15);/q;+1/p-1. The van der Waals surface area contributed by atoms with Crippen molar-refractivity contribution in [3.8, 4) is 0 Å². The second-order valence-corrected chi connectivity index (χ2v) is 6.08. The first-order valence-electron chi connectivity index (χ1n) is 6.03. The fourth-order valence-electron chi connectivity index (χ4n) is 3.08. The van der Waals surface area contributed by atoms with E-state index in [1.165, 1.54) is 0 Å². The van der Waals surface area contributed by atoms with E-state index >= 15 is 0 Å². The van der Waals surface area contributed by atoms with E-state index in [1.807, 2.05) is 0 Å². The summed E-state index contributed by atoms with van der Waals surface area (Å²) in [7, 11) is 2.14. The van der Waals surface area contributed by atoms with Crippen LogP contribution in [0.5, 0.6) is 0 Å². The van der Waals surface area contributed by atoms with Gasteiger partial charge in [-0.05, 0) is 23.2 Å². The molecule has 1 unspecified atom stereocenters. The summed E-state index contributed by atoms with van der Waals surface area (Å²) in [5.41, 5.74) is 0.946.